The minimum Gasteiger partial charge on any atom is -0.123 e. The molecule has 84 valence electrons. The summed E-state index contributed by atoms with van der Waals surface area (Å²) in [5.74, 6) is 1.01. The van der Waals surface area contributed by atoms with Gasteiger partial charge in [-0.2, -0.15) is 0 Å². The third kappa shape index (κ3) is 5.24. The fraction of sp³-hybridized carbons (Fsp3) is 1.00. The van der Waals surface area contributed by atoms with E-state index in [1.54, 1.807) is 0 Å². The highest BCUT2D eigenvalue weighted by atomic mass is 35.5. The second-order valence-electron chi connectivity index (χ2n) is 4.82. The molecule has 1 aliphatic carbocycles. The van der Waals surface area contributed by atoms with Gasteiger partial charge in [0.25, 0.3) is 0 Å². The van der Waals surface area contributed by atoms with Gasteiger partial charge in [0.15, 0.2) is 0 Å². The maximum absolute atomic E-state index is 6.08. The predicted molar refractivity (Wildman–Crippen MR) is 65.0 cm³/mol. The molecule has 14 heavy (non-hydrogen) atoms. The van der Waals surface area contributed by atoms with Crippen molar-refractivity contribution in [1.29, 1.82) is 0 Å². The first-order chi connectivity index (χ1) is 6.83. The Kier molecular flexibility index (Phi) is 6.68. The smallest absolute Gasteiger partial charge is 0.0336 e. The van der Waals surface area contributed by atoms with Crippen molar-refractivity contribution in [3.8, 4) is 0 Å². The van der Waals surface area contributed by atoms with Gasteiger partial charge in [-0.05, 0) is 31.6 Å². The van der Waals surface area contributed by atoms with Crippen molar-refractivity contribution in [3.05, 3.63) is 0 Å². The first-order valence-corrected chi connectivity index (χ1v) is 6.90. The van der Waals surface area contributed by atoms with Crippen LogP contribution in [-0.2, 0) is 0 Å². The summed E-state index contributed by atoms with van der Waals surface area (Å²) in [7, 11) is 0. The van der Waals surface area contributed by atoms with Gasteiger partial charge in [-0.25, -0.2) is 0 Å². The summed E-state index contributed by atoms with van der Waals surface area (Å²) in [4.78, 5) is 0. The van der Waals surface area contributed by atoms with Gasteiger partial charge in [-0.3, -0.25) is 0 Å². The third-order valence-electron chi connectivity index (χ3n) is 3.49. The minimum absolute atomic E-state index is 0.492. The number of unbranched alkanes of at least 4 members (excludes halogenated alkanes) is 4. The van der Waals surface area contributed by atoms with E-state index in [4.69, 9.17) is 11.6 Å². The average Bonchev–Trinajstić information content (AvgIpc) is 2.21. The molecular weight excluding hydrogens is 192 g/mol. The molecule has 0 bridgehead atoms. The van der Waals surface area contributed by atoms with Crippen LogP contribution in [0.15, 0.2) is 0 Å². The highest BCUT2D eigenvalue weighted by Gasteiger charge is 2.18. The summed E-state index contributed by atoms with van der Waals surface area (Å²) in [5.41, 5.74) is 0. The number of rotatable bonds is 6. The SMILES string of the molecule is CCCCCCCC1CCC(Cl)CC1. The summed E-state index contributed by atoms with van der Waals surface area (Å²) in [6, 6.07) is 0. The van der Waals surface area contributed by atoms with E-state index in [-0.39, 0.29) is 0 Å². The zero-order chi connectivity index (χ0) is 10.2. The van der Waals surface area contributed by atoms with E-state index in [1.165, 1.54) is 64.2 Å². The van der Waals surface area contributed by atoms with Gasteiger partial charge in [-0.15, -0.1) is 11.6 Å². The Morgan fingerprint density at radius 1 is 0.929 bits per heavy atom. The molecule has 1 heteroatoms. The Balaban J connectivity index is 1.91. The predicted octanol–water partition coefficient (Wildman–Crippen LogP) is 5.14. The van der Waals surface area contributed by atoms with Crippen LogP contribution in [0.2, 0.25) is 0 Å². The second-order valence-corrected chi connectivity index (χ2v) is 5.44. The molecular formula is C13H25Cl. The van der Waals surface area contributed by atoms with E-state index in [1.807, 2.05) is 0 Å². The molecule has 0 N–H and O–H groups in total. The summed E-state index contributed by atoms with van der Waals surface area (Å²) in [6.45, 7) is 2.28. The monoisotopic (exact) mass is 216 g/mol. The summed E-state index contributed by atoms with van der Waals surface area (Å²) < 4.78 is 0. The molecule has 1 rings (SSSR count). The normalized spacial score (nSPS) is 27.9. The molecule has 1 fully saturated rings. The van der Waals surface area contributed by atoms with Crippen molar-refractivity contribution < 1.29 is 0 Å². The number of alkyl halides is 1. The maximum atomic E-state index is 6.08. The standard InChI is InChI=1S/C13H25Cl/c1-2-3-4-5-6-7-12-8-10-13(14)11-9-12/h12-13H,2-11H2,1H3. The summed E-state index contributed by atoms with van der Waals surface area (Å²) in [5, 5.41) is 0.492. The third-order valence-corrected chi connectivity index (χ3v) is 3.93. The van der Waals surface area contributed by atoms with Crippen LogP contribution in [0.5, 0.6) is 0 Å². The van der Waals surface area contributed by atoms with Crippen molar-refractivity contribution in [2.45, 2.75) is 76.5 Å². The van der Waals surface area contributed by atoms with E-state index in [2.05, 4.69) is 6.92 Å². The van der Waals surface area contributed by atoms with Crippen molar-refractivity contribution in [2.75, 3.05) is 0 Å². The first kappa shape index (κ1) is 12.4. The molecule has 0 spiro atoms. The maximum Gasteiger partial charge on any atom is 0.0336 e. The van der Waals surface area contributed by atoms with Gasteiger partial charge in [0.2, 0.25) is 0 Å². The number of hydrogen-bond donors (Lipinski definition) is 0. The second kappa shape index (κ2) is 7.56. The Bertz CT molecular complexity index is 125. The Hall–Kier alpha value is 0.290. The topological polar surface area (TPSA) is 0 Å². The van der Waals surface area contributed by atoms with Gasteiger partial charge in [0.05, 0.1) is 0 Å². The van der Waals surface area contributed by atoms with E-state index < -0.39 is 0 Å². The molecule has 1 aliphatic rings. The van der Waals surface area contributed by atoms with E-state index in [0.717, 1.165) is 5.92 Å². The molecule has 0 amide bonds. The van der Waals surface area contributed by atoms with Crippen LogP contribution in [0.1, 0.15) is 71.1 Å². The highest BCUT2D eigenvalue weighted by molar-refractivity contribution is 6.20. The van der Waals surface area contributed by atoms with Crippen LogP contribution >= 0.6 is 11.6 Å². The quantitative estimate of drug-likeness (QED) is 0.426. The summed E-state index contributed by atoms with van der Waals surface area (Å²) >= 11 is 6.08. The first-order valence-electron chi connectivity index (χ1n) is 6.47. The van der Waals surface area contributed by atoms with Gasteiger partial charge in [0.1, 0.15) is 0 Å². The van der Waals surface area contributed by atoms with Gasteiger partial charge < -0.3 is 0 Å². The summed E-state index contributed by atoms with van der Waals surface area (Å²) in [6.07, 6.45) is 13.9. The lowest BCUT2D eigenvalue weighted by atomic mass is 9.85. The van der Waals surface area contributed by atoms with Crippen LogP contribution in [-0.4, -0.2) is 5.38 Å². The van der Waals surface area contributed by atoms with Crippen LogP contribution < -0.4 is 0 Å². The largest absolute Gasteiger partial charge is 0.123 e. The van der Waals surface area contributed by atoms with Crippen molar-refractivity contribution in [1.82, 2.24) is 0 Å². The Morgan fingerprint density at radius 3 is 2.21 bits per heavy atom. The molecule has 0 radical (unpaired) electrons. The molecule has 0 saturated heterocycles. The highest BCUT2D eigenvalue weighted by Crippen LogP contribution is 2.30. The van der Waals surface area contributed by atoms with E-state index in [9.17, 15) is 0 Å². The van der Waals surface area contributed by atoms with Crippen molar-refractivity contribution in [3.63, 3.8) is 0 Å². The Labute approximate surface area is 94.4 Å². The van der Waals surface area contributed by atoms with Crippen LogP contribution in [0.3, 0.4) is 0 Å². The van der Waals surface area contributed by atoms with Crippen LogP contribution in [0.4, 0.5) is 0 Å². The number of halogens is 1. The molecule has 0 aromatic heterocycles. The molecule has 0 nitrogen and oxygen atoms in total. The van der Waals surface area contributed by atoms with E-state index >= 15 is 0 Å². The molecule has 0 unspecified atom stereocenters. The minimum atomic E-state index is 0.492. The molecule has 0 atom stereocenters. The number of hydrogen-bond acceptors (Lipinski definition) is 0. The fourth-order valence-electron chi connectivity index (χ4n) is 2.45. The van der Waals surface area contributed by atoms with Crippen LogP contribution in [0.25, 0.3) is 0 Å². The van der Waals surface area contributed by atoms with Gasteiger partial charge in [0, 0.05) is 5.38 Å². The lowest BCUT2D eigenvalue weighted by Gasteiger charge is -2.24. The average molecular weight is 217 g/mol. The fourth-order valence-corrected chi connectivity index (χ4v) is 2.70. The van der Waals surface area contributed by atoms with Crippen LogP contribution in [0, 0.1) is 5.92 Å². The molecule has 0 aromatic rings. The Morgan fingerprint density at radius 2 is 1.57 bits per heavy atom. The van der Waals surface area contributed by atoms with Gasteiger partial charge in [-0.1, -0.05) is 45.4 Å². The van der Waals surface area contributed by atoms with Crippen molar-refractivity contribution in [2.24, 2.45) is 5.92 Å². The molecule has 0 heterocycles. The molecule has 0 aromatic carbocycles. The lowest BCUT2D eigenvalue weighted by Crippen LogP contribution is -2.14. The zero-order valence-corrected chi connectivity index (χ0v) is 10.4. The lowest BCUT2D eigenvalue weighted by molar-refractivity contribution is 0.331. The molecule has 0 aliphatic heterocycles. The van der Waals surface area contributed by atoms with Crippen molar-refractivity contribution >= 4 is 11.6 Å². The zero-order valence-electron chi connectivity index (χ0n) is 9.60. The van der Waals surface area contributed by atoms with Gasteiger partial charge >= 0.3 is 0 Å². The van der Waals surface area contributed by atoms with E-state index in [0.29, 0.717) is 5.38 Å². The molecule has 1 saturated carbocycles.